The first-order valence-electron chi connectivity index (χ1n) is 4.92. The zero-order valence-corrected chi connectivity index (χ0v) is 10.1. The maximum atomic E-state index is 11.7. The van der Waals surface area contributed by atoms with Gasteiger partial charge in [-0.25, -0.2) is 8.42 Å². The van der Waals surface area contributed by atoms with E-state index in [-0.39, 0.29) is 18.7 Å². The molecule has 15 heavy (non-hydrogen) atoms. The van der Waals surface area contributed by atoms with E-state index in [0.29, 0.717) is 19.6 Å². The highest BCUT2D eigenvalue weighted by Gasteiger charge is 2.19. The third-order valence-corrected chi connectivity index (χ3v) is 3.95. The lowest BCUT2D eigenvalue weighted by atomic mass is 10.4. The van der Waals surface area contributed by atoms with Crippen molar-refractivity contribution in [2.24, 2.45) is 0 Å². The average molecular weight is 234 g/mol. The van der Waals surface area contributed by atoms with Gasteiger partial charge in [-0.3, -0.25) is 0 Å². The Morgan fingerprint density at radius 1 is 1.40 bits per heavy atom. The Morgan fingerprint density at radius 3 is 2.53 bits per heavy atom. The minimum absolute atomic E-state index is 0.127. The van der Waals surface area contributed by atoms with Crippen molar-refractivity contribution < 1.29 is 13.2 Å². The summed E-state index contributed by atoms with van der Waals surface area (Å²) >= 11 is 0. The smallest absolute Gasteiger partial charge is 0.214 e. The fourth-order valence-electron chi connectivity index (χ4n) is 1.14. The predicted molar refractivity (Wildman–Crippen MR) is 57.8 cm³/mol. The average Bonchev–Trinajstić information content (AvgIpc) is 2.17. The summed E-state index contributed by atoms with van der Waals surface area (Å²) in [6.45, 7) is 2.74. The SMILES string of the molecule is CCCS(=O)(=O)N(CCC#N)CCOC. The minimum Gasteiger partial charge on any atom is -0.383 e. The maximum Gasteiger partial charge on any atom is 0.214 e. The molecule has 0 aromatic heterocycles. The quantitative estimate of drug-likeness (QED) is 0.616. The number of methoxy groups -OCH3 is 1. The Kier molecular flexibility index (Phi) is 7.30. The molecule has 0 N–H and O–H groups in total. The number of rotatable bonds is 8. The molecule has 0 rings (SSSR count). The molecule has 88 valence electrons. The van der Waals surface area contributed by atoms with Gasteiger partial charge in [0.05, 0.1) is 18.4 Å². The number of ether oxygens (including phenoxy) is 1. The molecule has 0 aromatic rings. The van der Waals surface area contributed by atoms with Crippen LogP contribution in [0.5, 0.6) is 0 Å². The van der Waals surface area contributed by atoms with Crippen molar-refractivity contribution in [3.8, 4) is 6.07 Å². The molecule has 0 saturated heterocycles. The van der Waals surface area contributed by atoms with E-state index >= 15 is 0 Å². The number of nitriles is 1. The van der Waals surface area contributed by atoms with E-state index in [0.717, 1.165) is 0 Å². The molecule has 0 heterocycles. The highest BCUT2D eigenvalue weighted by atomic mass is 32.2. The van der Waals surface area contributed by atoms with Gasteiger partial charge in [0, 0.05) is 26.6 Å². The minimum atomic E-state index is -3.21. The van der Waals surface area contributed by atoms with Crippen molar-refractivity contribution in [2.75, 3.05) is 32.6 Å². The van der Waals surface area contributed by atoms with E-state index in [1.54, 1.807) is 0 Å². The molecule has 0 aliphatic rings. The molecule has 0 aliphatic carbocycles. The molecule has 6 heteroatoms. The van der Waals surface area contributed by atoms with Crippen molar-refractivity contribution in [2.45, 2.75) is 19.8 Å². The molecule has 0 saturated carbocycles. The van der Waals surface area contributed by atoms with Crippen LogP contribution in [0.1, 0.15) is 19.8 Å². The summed E-state index contributed by atoms with van der Waals surface area (Å²) in [5.41, 5.74) is 0. The largest absolute Gasteiger partial charge is 0.383 e. The zero-order valence-electron chi connectivity index (χ0n) is 9.27. The summed E-state index contributed by atoms with van der Waals surface area (Å²) in [5, 5.41) is 8.43. The zero-order chi connectivity index (χ0) is 11.7. The molecule has 0 radical (unpaired) electrons. The highest BCUT2D eigenvalue weighted by Crippen LogP contribution is 2.04. The van der Waals surface area contributed by atoms with Crippen LogP contribution in [-0.4, -0.2) is 45.3 Å². The first-order chi connectivity index (χ1) is 7.08. The maximum absolute atomic E-state index is 11.7. The van der Waals surface area contributed by atoms with Crippen LogP contribution in [0.4, 0.5) is 0 Å². The van der Waals surface area contributed by atoms with Gasteiger partial charge in [-0.05, 0) is 6.42 Å². The molecule has 5 nitrogen and oxygen atoms in total. The highest BCUT2D eigenvalue weighted by molar-refractivity contribution is 7.89. The van der Waals surface area contributed by atoms with Gasteiger partial charge in [0.15, 0.2) is 0 Å². The lowest BCUT2D eigenvalue weighted by Crippen LogP contribution is -2.36. The molecule has 0 atom stereocenters. The predicted octanol–water partition coefficient (Wildman–Crippen LogP) is 0.588. The first-order valence-corrected chi connectivity index (χ1v) is 6.53. The fourth-order valence-corrected chi connectivity index (χ4v) is 2.64. The summed E-state index contributed by atoms with van der Waals surface area (Å²) in [7, 11) is -1.69. The molecule has 0 bridgehead atoms. The van der Waals surface area contributed by atoms with Crippen molar-refractivity contribution in [3.63, 3.8) is 0 Å². The van der Waals surface area contributed by atoms with E-state index in [9.17, 15) is 8.42 Å². The molecule has 0 aliphatic heterocycles. The lowest BCUT2D eigenvalue weighted by Gasteiger charge is -2.20. The third-order valence-electron chi connectivity index (χ3n) is 1.87. The summed E-state index contributed by atoms with van der Waals surface area (Å²) in [5.74, 6) is 0.127. The number of hydrogen-bond donors (Lipinski definition) is 0. The normalized spacial score (nSPS) is 11.6. The molecule has 0 aromatic carbocycles. The fraction of sp³-hybridized carbons (Fsp3) is 0.889. The second-order valence-corrected chi connectivity index (χ2v) is 5.20. The Hall–Kier alpha value is -0.640. The van der Waals surface area contributed by atoms with Gasteiger partial charge in [-0.2, -0.15) is 9.57 Å². The van der Waals surface area contributed by atoms with Crippen LogP contribution in [0.2, 0.25) is 0 Å². The van der Waals surface area contributed by atoms with Crippen LogP contribution in [0.25, 0.3) is 0 Å². The van der Waals surface area contributed by atoms with E-state index in [2.05, 4.69) is 0 Å². The Bertz CT molecular complexity index is 295. The van der Waals surface area contributed by atoms with Crippen LogP contribution in [0.3, 0.4) is 0 Å². The van der Waals surface area contributed by atoms with Gasteiger partial charge in [0.1, 0.15) is 0 Å². The topological polar surface area (TPSA) is 70.4 Å². The molecule has 0 amide bonds. The third kappa shape index (κ3) is 5.72. The Morgan fingerprint density at radius 2 is 2.07 bits per heavy atom. The van der Waals surface area contributed by atoms with E-state index < -0.39 is 10.0 Å². The Balaban J connectivity index is 4.40. The first kappa shape index (κ1) is 14.4. The van der Waals surface area contributed by atoms with Crippen LogP contribution < -0.4 is 0 Å². The summed E-state index contributed by atoms with van der Waals surface area (Å²) in [6.07, 6.45) is 0.797. The van der Waals surface area contributed by atoms with Gasteiger partial charge in [0.25, 0.3) is 0 Å². The lowest BCUT2D eigenvalue weighted by molar-refractivity contribution is 0.179. The second kappa shape index (κ2) is 7.63. The van der Waals surface area contributed by atoms with Crippen LogP contribution in [0.15, 0.2) is 0 Å². The van der Waals surface area contributed by atoms with Gasteiger partial charge >= 0.3 is 0 Å². The van der Waals surface area contributed by atoms with E-state index in [1.807, 2.05) is 13.0 Å². The Labute approximate surface area is 91.7 Å². The van der Waals surface area contributed by atoms with Crippen LogP contribution in [0, 0.1) is 11.3 Å². The van der Waals surface area contributed by atoms with Crippen LogP contribution >= 0.6 is 0 Å². The van der Waals surface area contributed by atoms with Crippen molar-refractivity contribution in [1.82, 2.24) is 4.31 Å². The summed E-state index contributed by atoms with van der Waals surface area (Å²) < 4.78 is 29.6. The van der Waals surface area contributed by atoms with Crippen molar-refractivity contribution >= 4 is 10.0 Å². The number of nitrogens with zero attached hydrogens (tertiary/aromatic N) is 2. The molecule has 0 fully saturated rings. The van der Waals surface area contributed by atoms with E-state index in [4.69, 9.17) is 10.00 Å². The molecular formula is C9H18N2O3S. The van der Waals surface area contributed by atoms with Crippen molar-refractivity contribution in [3.05, 3.63) is 0 Å². The van der Waals surface area contributed by atoms with E-state index in [1.165, 1.54) is 11.4 Å². The van der Waals surface area contributed by atoms with Gasteiger partial charge < -0.3 is 4.74 Å². The van der Waals surface area contributed by atoms with Crippen LogP contribution in [-0.2, 0) is 14.8 Å². The summed E-state index contributed by atoms with van der Waals surface area (Å²) in [4.78, 5) is 0. The van der Waals surface area contributed by atoms with Crippen molar-refractivity contribution in [1.29, 1.82) is 5.26 Å². The summed E-state index contributed by atoms with van der Waals surface area (Å²) in [6, 6.07) is 1.94. The molecule has 0 spiro atoms. The molecular weight excluding hydrogens is 216 g/mol. The standard InChI is InChI=1S/C9H18N2O3S/c1-3-9-15(12,13)11(6-4-5-10)7-8-14-2/h3-4,6-9H2,1-2H3. The number of sulfonamides is 1. The van der Waals surface area contributed by atoms with Gasteiger partial charge in [-0.1, -0.05) is 6.92 Å². The second-order valence-electron chi connectivity index (χ2n) is 3.12. The molecule has 0 unspecified atom stereocenters. The van der Waals surface area contributed by atoms with Gasteiger partial charge in [-0.15, -0.1) is 0 Å². The number of hydrogen-bond acceptors (Lipinski definition) is 4. The van der Waals surface area contributed by atoms with Gasteiger partial charge in [0.2, 0.25) is 10.0 Å². The monoisotopic (exact) mass is 234 g/mol.